The van der Waals surface area contributed by atoms with Crippen molar-refractivity contribution in [1.82, 2.24) is 19.6 Å². The van der Waals surface area contributed by atoms with Gasteiger partial charge in [0.05, 0.1) is 6.33 Å². The first-order valence-corrected chi connectivity index (χ1v) is 5.43. The summed E-state index contributed by atoms with van der Waals surface area (Å²) in [4.78, 5) is 11.4. The van der Waals surface area contributed by atoms with Crippen LogP contribution in [0.5, 0.6) is 0 Å². The van der Waals surface area contributed by atoms with Crippen LogP contribution in [0.2, 0.25) is 0 Å². The Labute approximate surface area is 91.7 Å². The Hall–Kier alpha value is -1.43. The first kappa shape index (κ1) is 8.84. The van der Waals surface area contributed by atoms with Gasteiger partial charge in [-0.3, -0.25) is 0 Å². The van der Waals surface area contributed by atoms with Crippen molar-refractivity contribution >= 4 is 23.4 Å². The second kappa shape index (κ2) is 3.30. The molecule has 0 atom stereocenters. The zero-order valence-corrected chi connectivity index (χ0v) is 9.00. The Kier molecular flexibility index (Phi) is 1.95. The molecule has 3 rings (SSSR count). The SMILES string of the molecule is S=c1nc[nH]c2c1ncn2N1CCCC1. The van der Waals surface area contributed by atoms with Gasteiger partial charge in [-0.2, -0.15) is 0 Å². The van der Waals surface area contributed by atoms with E-state index < -0.39 is 0 Å². The van der Waals surface area contributed by atoms with Crippen molar-refractivity contribution in [3.63, 3.8) is 0 Å². The number of hydrogen-bond acceptors (Lipinski definition) is 4. The predicted octanol–water partition coefficient (Wildman–Crippen LogP) is 1.22. The molecule has 0 aromatic carbocycles. The number of aromatic nitrogens is 4. The Bertz CT molecular complexity index is 537. The molecule has 2 aromatic heterocycles. The molecular formula is C9H11N5S. The fourth-order valence-electron chi connectivity index (χ4n) is 1.97. The van der Waals surface area contributed by atoms with Gasteiger partial charge in [-0.15, -0.1) is 0 Å². The normalized spacial score (nSPS) is 16.4. The minimum absolute atomic E-state index is 0.557. The molecular weight excluding hydrogens is 210 g/mol. The summed E-state index contributed by atoms with van der Waals surface area (Å²) in [5.74, 6) is 0. The number of rotatable bonds is 1. The first-order valence-electron chi connectivity index (χ1n) is 5.02. The minimum Gasteiger partial charge on any atom is -0.329 e. The largest absolute Gasteiger partial charge is 0.329 e. The molecule has 0 saturated carbocycles. The lowest BCUT2D eigenvalue weighted by atomic mass is 10.4. The molecule has 1 aliphatic heterocycles. The number of hydrogen-bond donors (Lipinski definition) is 1. The van der Waals surface area contributed by atoms with E-state index in [-0.39, 0.29) is 0 Å². The van der Waals surface area contributed by atoms with Crippen molar-refractivity contribution in [1.29, 1.82) is 0 Å². The van der Waals surface area contributed by atoms with Crippen LogP contribution in [0.3, 0.4) is 0 Å². The molecule has 6 heteroatoms. The van der Waals surface area contributed by atoms with Crippen molar-refractivity contribution in [2.24, 2.45) is 0 Å². The number of H-pyrrole nitrogens is 1. The molecule has 0 spiro atoms. The Morgan fingerprint density at radius 2 is 2.07 bits per heavy atom. The van der Waals surface area contributed by atoms with E-state index >= 15 is 0 Å². The molecule has 1 saturated heterocycles. The number of nitrogens with one attached hydrogen (secondary N) is 1. The van der Waals surface area contributed by atoms with Gasteiger partial charge in [0.1, 0.15) is 11.8 Å². The van der Waals surface area contributed by atoms with Crippen molar-refractivity contribution in [2.75, 3.05) is 18.1 Å². The third-order valence-electron chi connectivity index (χ3n) is 2.72. The van der Waals surface area contributed by atoms with Crippen LogP contribution in [-0.2, 0) is 0 Å². The number of aromatic amines is 1. The fraction of sp³-hybridized carbons (Fsp3) is 0.444. The summed E-state index contributed by atoms with van der Waals surface area (Å²) in [6.07, 6.45) is 5.92. The van der Waals surface area contributed by atoms with Crippen molar-refractivity contribution < 1.29 is 0 Å². The van der Waals surface area contributed by atoms with E-state index in [1.807, 2.05) is 11.0 Å². The average Bonchev–Trinajstić information content (AvgIpc) is 2.85. The van der Waals surface area contributed by atoms with Crippen molar-refractivity contribution in [3.05, 3.63) is 17.3 Å². The summed E-state index contributed by atoms with van der Waals surface area (Å²) in [7, 11) is 0. The number of fused-ring (bicyclic) bond motifs is 1. The second-order valence-electron chi connectivity index (χ2n) is 3.65. The molecule has 3 heterocycles. The van der Waals surface area contributed by atoms with E-state index in [1.54, 1.807) is 6.33 Å². The lowest BCUT2D eigenvalue weighted by molar-refractivity contribution is 0.675. The van der Waals surface area contributed by atoms with Crippen LogP contribution in [0, 0.1) is 4.64 Å². The zero-order valence-electron chi connectivity index (χ0n) is 8.18. The molecule has 0 unspecified atom stereocenters. The van der Waals surface area contributed by atoms with Gasteiger partial charge < -0.3 is 9.99 Å². The number of nitrogens with zero attached hydrogens (tertiary/aromatic N) is 4. The molecule has 0 radical (unpaired) electrons. The van der Waals surface area contributed by atoms with E-state index in [0.29, 0.717) is 4.64 Å². The quantitative estimate of drug-likeness (QED) is 0.736. The summed E-state index contributed by atoms with van der Waals surface area (Å²) in [5, 5.41) is 2.26. The molecule has 1 fully saturated rings. The van der Waals surface area contributed by atoms with Crippen LogP contribution >= 0.6 is 12.2 Å². The molecule has 78 valence electrons. The van der Waals surface area contributed by atoms with Gasteiger partial charge in [-0.1, -0.05) is 12.2 Å². The molecule has 0 bridgehead atoms. The zero-order chi connectivity index (χ0) is 10.3. The van der Waals surface area contributed by atoms with Gasteiger partial charge in [0.15, 0.2) is 10.3 Å². The third-order valence-corrected chi connectivity index (χ3v) is 3.02. The minimum atomic E-state index is 0.557. The van der Waals surface area contributed by atoms with E-state index in [1.165, 1.54) is 12.8 Å². The highest BCUT2D eigenvalue weighted by atomic mass is 32.1. The van der Waals surface area contributed by atoms with E-state index in [0.717, 1.165) is 24.3 Å². The molecule has 2 aromatic rings. The van der Waals surface area contributed by atoms with Gasteiger partial charge in [-0.05, 0) is 12.8 Å². The van der Waals surface area contributed by atoms with Gasteiger partial charge >= 0.3 is 0 Å². The van der Waals surface area contributed by atoms with E-state index in [9.17, 15) is 0 Å². The summed E-state index contributed by atoms with van der Waals surface area (Å²) >= 11 is 5.12. The van der Waals surface area contributed by atoms with Crippen molar-refractivity contribution in [2.45, 2.75) is 12.8 Å². The highest BCUT2D eigenvalue weighted by molar-refractivity contribution is 7.71. The fourth-order valence-corrected chi connectivity index (χ4v) is 2.18. The van der Waals surface area contributed by atoms with Crippen LogP contribution < -0.4 is 5.01 Å². The molecule has 0 amide bonds. The lowest BCUT2D eigenvalue weighted by Gasteiger charge is -2.18. The molecule has 1 N–H and O–H groups in total. The maximum absolute atomic E-state index is 5.12. The lowest BCUT2D eigenvalue weighted by Crippen LogP contribution is -2.30. The molecule has 0 aliphatic carbocycles. The maximum atomic E-state index is 5.12. The van der Waals surface area contributed by atoms with E-state index in [2.05, 4.69) is 20.0 Å². The molecule has 1 aliphatic rings. The highest BCUT2D eigenvalue weighted by Gasteiger charge is 2.15. The van der Waals surface area contributed by atoms with Crippen molar-refractivity contribution in [3.8, 4) is 0 Å². The van der Waals surface area contributed by atoms with E-state index in [4.69, 9.17) is 12.2 Å². The summed E-state index contributed by atoms with van der Waals surface area (Å²) in [6.45, 7) is 2.16. The monoisotopic (exact) mass is 221 g/mol. The van der Waals surface area contributed by atoms with Crippen LogP contribution in [-0.4, -0.2) is 32.7 Å². The van der Waals surface area contributed by atoms with Gasteiger partial charge in [-0.25, -0.2) is 14.6 Å². The summed E-state index contributed by atoms with van der Waals surface area (Å²) in [5.41, 5.74) is 1.72. The molecule has 15 heavy (non-hydrogen) atoms. The van der Waals surface area contributed by atoms with Crippen LogP contribution in [0.1, 0.15) is 12.8 Å². The Morgan fingerprint density at radius 1 is 1.27 bits per heavy atom. The summed E-state index contributed by atoms with van der Waals surface area (Å²) in [6, 6.07) is 0. The predicted molar refractivity (Wildman–Crippen MR) is 59.9 cm³/mol. The summed E-state index contributed by atoms with van der Waals surface area (Å²) < 4.78 is 2.60. The van der Waals surface area contributed by atoms with Gasteiger partial charge in [0.2, 0.25) is 0 Å². The van der Waals surface area contributed by atoms with Gasteiger partial charge in [0, 0.05) is 13.1 Å². The van der Waals surface area contributed by atoms with Crippen LogP contribution in [0.4, 0.5) is 0 Å². The smallest absolute Gasteiger partial charge is 0.161 e. The standard InChI is InChI=1S/C9H11N5S/c15-9-7-8(10-5-11-9)14(6-12-7)13-3-1-2-4-13/h5-6H,1-4H2,(H,10,11,15). The highest BCUT2D eigenvalue weighted by Crippen LogP contribution is 2.13. The van der Waals surface area contributed by atoms with Gasteiger partial charge in [0.25, 0.3) is 0 Å². The topological polar surface area (TPSA) is 49.7 Å². The Morgan fingerprint density at radius 3 is 2.87 bits per heavy atom. The maximum Gasteiger partial charge on any atom is 0.161 e. The van der Waals surface area contributed by atoms with Crippen LogP contribution in [0.15, 0.2) is 12.7 Å². The second-order valence-corrected chi connectivity index (χ2v) is 4.04. The molecule has 5 nitrogen and oxygen atoms in total. The third kappa shape index (κ3) is 1.32. The average molecular weight is 221 g/mol. The van der Waals surface area contributed by atoms with Crippen LogP contribution in [0.25, 0.3) is 11.2 Å². The first-order chi connectivity index (χ1) is 7.36. The number of imidazole rings is 1. The Balaban J connectivity index is 2.19.